The number of hydrogen-bond donors (Lipinski definition) is 4. The summed E-state index contributed by atoms with van der Waals surface area (Å²) in [6, 6.07) is 30.9. The second-order valence-corrected chi connectivity index (χ2v) is 12.1. The van der Waals surface area contributed by atoms with Gasteiger partial charge in [0.05, 0.1) is 12.2 Å². The quantitative estimate of drug-likeness (QED) is 0.244. The van der Waals surface area contributed by atoms with Crippen LogP contribution < -0.4 is 10.6 Å². The van der Waals surface area contributed by atoms with Crippen LogP contribution in [0.15, 0.2) is 109 Å². The van der Waals surface area contributed by atoms with Crippen LogP contribution in [0.4, 0.5) is 11.4 Å². The predicted molar refractivity (Wildman–Crippen MR) is 163 cm³/mol. The van der Waals surface area contributed by atoms with Crippen LogP contribution in [0.25, 0.3) is 0 Å². The first-order valence-electron chi connectivity index (χ1n) is 13.7. The Labute approximate surface area is 250 Å². The molecule has 10 nitrogen and oxygen atoms in total. The van der Waals surface area contributed by atoms with Crippen molar-refractivity contribution >= 4 is 33.4 Å². The third kappa shape index (κ3) is 7.16. The lowest BCUT2D eigenvalue weighted by Gasteiger charge is -2.28. The highest BCUT2D eigenvalue weighted by Crippen LogP contribution is 2.27. The van der Waals surface area contributed by atoms with Gasteiger partial charge in [-0.3, -0.25) is 9.59 Å². The van der Waals surface area contributed by atoms with Gasteiger partial charge >= 0.3 is 0 Å². The van der Waals surface area contributed by atoms with Gasteiger partial charge in [-0.25, -0.2) is 0 Å². The molecule has 43 heavy (non-hydrogen) atoms. The number of amides is 2. The van der Waals surface area contributed by atoms with E-state index in [1.807, 2.05) is 0 Å². The SMILES string of the molecule is O=C(Nc1ccccc1CN1C[C@H](O)[C@@H](O)CN(Cc2ccccc2NC(=O)c2ccccc2)S1(=O)=O)c1ccccc1. The summed E-state index contributed by atoms with van der Waals surface area (Å²) in [6.45, 7) is -1.04. The lowest BCUT2D eigenvalue weighted by molar-refractivity contribution is 0.00890. The van der Waals surface area contributed by atoms with Gasteiger partial charge in [-0.1, -0.05) is 72.8 Å². The largest absolute Gasteiger partial charge is 0.389 e. The van der Waals surface area contributed by atoms with Gasteiger partial charge in [0.1, 0.15) is 0 Å². The molecular weight excluding hydrogens is 568 g/mol. The summed E-state index contributed by atoms with van der Waals surface area (Å²) in [6.07, 6.45) is -2.70. The van der Waals surface area contributed by atoms with E-state index in [2.05, 4.69) is 10.6 Å². The van der Waals surface area contributed by atoms with Gasteiger partial charge in [0.25, 0.3) is 22.0 Å². The van der Waals surface area contributed by atoms with Crippen molar-refractivity contribution in [3.63, 3.8) is 0 Å². The zero-order valence-electron chi connectivity index (χ0n) is 23.2. The van der Waals surface area contributed by atoms with Crippen LogP contribution >= 0.6 is 0 Å². The Balaban J connectivity index is 1.39. The summed E-state index contributed by atoms with van der Waals surface area (Å²) >= 11 is 0. The average molecular weight is 601 g/mol. The molecule has 0 aromatic heterocycles. The highest BCUT2D eigenvalue weighted by Gasteiger charge is 2.39. The van der Waals surface area contributed by atoms with Crippen LogP contribution in [0, 0.1) is 0 Å². The molecule has 0 saturated carbocycles. The molecule has 222 valence electrons. The molecule has 11 heteroatoms. The highest BCUT2D eigenvalue weighted by atomic mass is 32.2. The van der Waals surface area contributed by atoms with Gasteiger partial charge in [-0.15, -0.1) is 0 Å². The van der Waals surface area contributed by atoms with E-state index in [0.717, 1.165) is 8.61 Å². The first kappa shape index (κ1) is 30.1. The van der Waals surface area contributed by atoms with Crippen LogP contribution in [0.3, 0.4) is 0 Å². The second-order valence-electron chi connectivity index (χ2n) is 10.2. The summed E-state index contributed by atoms with van der Waals surface area (Å²) in [5.41, 5.74) is 2.76. The summed E-state index contributed by atoms with van der Waals surface area (Å²) < 4.78 is 30.2. The number of nitrogens with zero attached hydrogens (tertiary/aromatic N) is 2. The van der Waals surface area contributed by atoms with Crippen LogP contribution in [0.5, 0.6) is 0 Å². The molecule has 5 rings (SSSR count). The number of carbonyl (C=O) groups excluding carboxylic acids is 2. The first-order valence-corrected chi connectivity index (χ1v) is 15.1. The molecule has 0 spiro atoms. The molecular formula is C32H32N4O6S. The van der Waals surface area contributed by atoms with E-state index in [1.54, 1.807) is 109 Å². The van der Waals surface area contributed by atoms with E-state index >= 15 is 0 Å². The minimum absolute atomic E-state index is 0.166. The van der Waals surface area contributed by atoms with Gasteiger partial charge < -0.3 is 20.8 Å². The number of nitrogens with one attached hydrogen (secondary N) is 2. The maximum atomic E-state index is 14.0. The van der Waals surface area contributed by atoms with Gasteiger partial charge in [-0.2, -0.15) is 17.0 Å². The molecule has 1 fully saturated rings. The summed E-state index contributed by atoms with van der Waals surface area (Å²) in [4.78, 5) is 25.7. The number of rotatable bonds is 8. The molecule has 4 N–H and O–H groups in total. The van der Waals surface area contributed by atoms with E-state index in [0.29, 0.717) is 33.6 Å². The predicted octanol–water partition coefficient (Wildman–Crippen LogP) is 3.48. The number of carbonyl (C=O) groups is 2. The molecule has 0 bridgehead atoms. The molecule has 1 saturated heterocycles. The van der Waals surface area contributed by atoms with Crippen molar-refractivity contribution in [3.05, 3.63) is 131 Å². The van der Waals surface area contributed by atoms with Crippen molar-refractivity contribution < 1.29 is 28.2 Å². The van der Waals surface area contributed by atoms with E-state index in [-0.39, 0.29) is 38.0 Å². The number of β-amino-alcohol motifs (C(OH)–C–C–N with tert-alkyl or cyclic N) is 2. The maximum Gasteiger partial charge on any atom is 0.282 e. The second kappa shape index (κ2) is 13.3. The van der Waals surface area contributed by atoms with Crippen molar-refractivity contribution in [1.29, 1.82) is 0 Å². The molecule has 1 aliphatic heterocycles. The highest BCUT2D eigenvalue weighted by molar-refractivity contribution is 7.86. The Bertz CT molecular complexity index is 1570. The summed E-state index contributed by atoms with van der Waals surface area (Å²) in [5, 5.41) is 27.0. The number of benzene rings is 4. The van der Waals surface area contributed by atoms with Gasteiger partial charge in [0.15, 0.2) is 0 Å². The fraction of sp³-hybridized carbons (Fsp3) is 0.188. The van der Waals surface area contributed by atoms with E-state index in [1.165, 1.54) is 0 Å². The molecule has 4 aromatic rings. The fourth-order valence-corrected chi connectivity index (χ4v) is 6.43. The van der Waals surface area contributed by atoms with Crippen molar-refractivity contribution in [1.82, 2.24) is 8.61 Å². The van der Waals surface area contributed by atoms with Crippen LogP contribution in [-0.4, -0.2) is 64.4 Å². The normalized spacial score (nSPS) is 18.8. The maximum absolute atomic E-state index is 14.0. The Morgan fingerprint density at radius 3 is 1.35 bits per heavy atom. The van der Waals surface area contributed by atoms with Gasteiger partial charge in [-0.05, 0) is 47.5 Å². The molecule has 0 unspecified atom stereocenters. The van der Waals surface area contributed by atoms with Crippen molar-refractivity contribution in [2.45, 2.75) is 25.3 Å². The molecule has 4 aromatic carbocycles. The first-order chi connectivity index (χ1) is 20.7. The Hall–Kier alpha value is -4.39. The van der Waals surface area contributed by atoms with Gasteiger partial charge in [0.2, 0.25) is 0 Å². The number of aliphatic hydroxyl groups excluding tert-OH is 2. The van der Waals surface area contributed by atoms with E-state index in [9.17, 15) is 28.2 Å². The lowest BCUT2D eigenvalue weighted by Crippen LogP contribution is -2.42. The standard InChI is InChI=1S/C32H32N4O6S/c37-29-21-35(19-25-15-7-9-17-27(25)33-31(39)23-11-3-1-4-12-23)43(41,42)36(22-30(29)38)20-26-16-8-10-18-28(26)34-32(40)24-13-5-2-6-14-24/h1-18,29-30,37-38H,19-22H2,(H,33,39)(H,34,40)/t29-,30-/m0/s1. The zero-order valence-corrected chi connectivity index (χ0v) is 24.0. The number of aliphatic hydroxyl groups is 2. The Morgan fingerprint density at radius 1 is 0.605 bits per heavy atom. The number of hydrogen-bond acceptors (Lipinski definition) is 6. The van der Waals surface area contributed by atoms with E-state index in [4.69, 9.17) is 0 Å². The third-order valence-corrected chi connectivity index (χ3v) is 9.04. The minimum Gasteiger partial charge on any atom is -0.389 e. The minimum atomic E-state index is -4.24. The fourth-order valence-electron chi connectivity index (χ4n) is 4.81. The number of para-hydroxylation sites is 2. The van der Waals surface area contributed by atoms with Crippen molar-refractivity contribution in [2.75, 3.05) is 23.7 Å². The summed E-state index contributed by atoms with van der Waals surface area (Å²) in [7, 11) is -4.24. The average Bonchev–Trinajstić information content (AvgIpc) is 3.09. The monoisotopic (exact) mass is 600 g/mol. The lowest BCUT2D eigenvalue weighted by atomic mass is 10.1. The molecule has 1 aliphatic rings. The topological polar surface area (TPSA) is 139 Å². The third-order valence-electron chi connectivity index (χ3n) is 7.17. The Morgan fingerprint density at radius 2 is 0.953 bits per heavy atom. The van der Waals surface area contributed by atoms with Crippen LogP contribution in [0.1, 0.15) is 31.8 Å². The van der Waals surface area contributed by atoms with E-state index < -0.39 is 22.4 Å². The summed E-state index contributed by atoms with van der Waals surface area (Å²) in [5.74, 6) is -0.698. The van der Waals surface area contributed by atoms with Gasteiger partial charge in [0, 0.05) is 48.7 Å². The molecule has 1 heterocycles. The van der Waals surface area contributed by atoms with Crippen LogP contribution in [0.2, 0.25) is 0 Å². The van der Waals surface area contributed by atoms with Crippen molar-refractivity contribution in [3.8, 4) is 0 Å². The molecule has 2 atom stereocenters. The number of anilines is 2. The van der Waals surface area contributed by atoms with Crippen LogP contribution in [-0.2, 0) is 23.3 Å². The molecule has 0 aliphatic carbocycles. The molecule has 2 amide bonds. The van der Waals surface area contributed by atoms with Crippen molar-refractivity contribution in [2.24, 2.45) is 0 Å². The Kier molecular flexibility index (Phi) is 9.29. The smallest absolute Gasteiger partial charge is 0.282 e. The molecule has 0 radical (unpaired) electrons. The zero-order chi connectivity index (χ0) is 30.4.